The van der Waals surface area contributed by atoms with E-state index in [4.69, 9.17) is 0 Å². The van der Waals surface area contributed by atoms with Crippen LogP contribution in [-0.4, -0.2) is 24.6 Å². The highest BCUT2D eigenvalue weighted by Gasteiger charge is 2.13. The first-order chi connectivity index (χ1) is 13.2. The van der Waals surface area contributed by atoms with E-state index in [1.54, 1.807) is 12.1 Å². The third-order valence-electron chi connectivity index (χ3n) is 4.72. The number of aromatic nitrogens is 1. The number of nitrogens with zero attached hydrogens (tertiary/aromatic N) is 2. The topological polar surface area (TPSA) is 68.5 Å². The molecule has 1 aromatic heterocycles. The van der Waals surface area contributed by atoms with Gasteiger partial charge in [-0.05, 0) is 49.1 Å². The average Bonchev–Trinajstić information content (AvgIpc) is 2.91. The molecule has 0 atom stereocenters. The van der Waals surface area contributed by atoms with Gasteiger partial charge >= 0.3 is 0 Å². The number of benzene rings is 2. The maximum atomic E-state index is 12.3. The van der Waals surface area contributed by atoms with Crippen molar-refractivity contribution < 1.29 is 13.2 Å². The Morgan fingerprint density at radius 1 is 1.11 bits per heavy atom. The zero-order valence-electron chi connectivity index (χ0n) is 16.3. The molecule has 1 heterocycles. The van der Waals surface area contributed by atoms with Gasteiger partial charge in [-0.25, -0.2) is 8.42 Å². The maximum Gasteiger partial charge on any atom is 0.248 e. The fraction of sp³-hybridized carbons (Fsp3) is 0.333. The van der Waals surface area contributed by atoms with Gasteiger partial charge in [0.05, 0.1) is 21.7 Å². The van der Waals surface area contributed by atoms with E-state index in [0.717, 1.165) is 15.8 Å². The van der Waals surface area contributed by atoms with Crippen LogP contribution in [0.1, 0.15) is 29.5 Å². The van der Waals surface area contributed by atoms with Gasteiger partial charge in [0.2, 0.25) is 5.91 Å². The number of hydrogen-bond acceptors (Lipinski definition) is 4. The highest BCUT2D eigenvalue weighted by Crippen LogP contribution is 2.21. The fourth-order valence-electron chi connectivity index (χ4n) is 2.99. The molecule has 3 rings (SSSR count). The average molecular weight is 417 g/mol. The summed E-state index contributed by atoms with van der Waals surface area (Å²) < 4.78 is 27.5. The largest absolute Gasteiger partial charge is 0.319 e. The Labute approximate surface area is 169 Å². The minimum absolute atomic E-state index is 0.00312. The lowest BCUT2D eigenvalue weighted by Gasteiger charge is -2.03. The second-order valence-electron chi connectivity index (χ2n) is 7.03. The SMILES string of the molecule is Cc1cc2sc(=NC(=O)CCCS(=O)(=O)Cc3ccccc3)n(C)c2cc1C. The van der Waals surface area contributed by atoms with E-state index in [0.29, 0.717) is 4.80 Å². The fourth-order valence-corrected chi connectivity index (χ4v) is 5.54. The summed E-state index contributed by atoms with van der Waals surface area (Å²) in [4.78, 5) is 17.1. The van der Waals surface area contributed by atoms with Gasteiger partial charge in [-0.2, -0.15) is 4.99 Å². The Morgan fingerprint density at radius 2 is 1.79 bits per heavy atom. The smallest absolute Gasteiger partial charge is 0.248 e. The summed E-state index contributed by atoms with van der Waals surface area (Å²) >= 11 is 1.47. The Bertz CT molecular complexity index is 1170. The van der Waals surface area contributed by atoms with Crippen LogP contribution in [-0.2, 0) is 27.4 Å². The van der Waals surface area contributed by atoms with E-state index in [-0.39, 0.29) is 30.3 Å². The monoisotopic (exact) mass is 416 g/mol. The van der Waals surface area contributed by atoms with Gasteiger partial charge in [-0.1, -0.05) is 41.7 Å². The molecule has 0 radical (unpaired) electrons. The lowest BCUT2D eigenvalue weighted by atomic mass is 10.1. The van der Waals surface area contributed by atoms with Gasteiger partial charge in [0.15, 0.2) is 14.6 Å². The minimum atomic E-state index is -3.24. The van der Waals surface area contributed by atoms with Crippen LogP contribution in [0.3, 0.4) is 0 Å². The predicted molar refractivity (Wildman–Crippen MR) is 114 cm³/mol. The van der Waals surface area contributed by atoms with Crippen LogP contribution in [0.15, 0.2) is 47.5 Å². The Morgan fingerprint density at radius 3 is 2.50 bits per heavy atom. The summed E-state index contributed by atoms with van der Waals surface area (Å²) in [5, 5.41) is 0. The first kappa shape index (κ1) is 20.5. The minimum Gasteiger partial charge on any atom is -0.319 e. The van der Waals surface area contributed by atoms with Crippen LogP contribution in [0.4, 0.5) is 0 Å². The molecule has 0 N–H and O–H groups in total. The zero-order chi connectivity index (χ0) is 20.3. The molecule has 7 heteroatoms. The molecule has 148 valence electrons. The number of rotatable bonds is 6. The van der Waals surface area contributed by atoms with Crippen molar-refractivity contribution in [2.24, 2.45) is 12.0 Å². The summed E-state index contributed by atoms with van der Waals surface area (Å²) in [6.45, 7) is 4.12. The second-order valence-corrected chi connectivity index (χ2v) is 10.2. The van der Waals surface area contributed by atoms with Crippen molar-refractivity contribution in [3.8, 4) is 0 Å². The summed E-state index contributed by atoms with van der Waals surface area (Å²) in [5.41, 5.74) is 4.21. The quantitative estimate of drug-likeness (QED) is 0.616. The highest BCUT2D eigenvalue weighted by molar-refractivity contribution is 7.90. The molecule has 0 saturated heterocycles. The van der Waals surface area contributed by atoms with E-state index in [1.807, 2.05) is 29.8 Å². The normalized spacial score (nSPS) is 12.6. The van der Waals surface area contributed by atoms with Gasteiger partial charge in [0, 0.05) is 13.5 Å². The van der Waals surface area contributed by atoms with Crippen molar-refractivity contribution in [2.45, 2.75) is 32.4 Å². The number of carbonyl (C=O) groups is 1. The van der Waals surface area contributed by atoms with Crippen molar-refractivity contribution in [2.75, 3.05) is 5.75 Å². The summed E-state index contributed by atoms with van der Waals surface area (Å²) in [7, 11) is -1.34. The molecule has 0 aliphatic rings. The number of fused-ring (bicyclic) bond motifs is 1. The van der Waals surface area contributed by atoms with Crippen LogP contribution in [0.25, 0.3) is 10.2 Å². The van der Waals surface area contributed by atoms with Crippen molar-refractivity contribution >= 4 is 37.3 Å². The van der Waals surface area contributed by atoms with E-state index in [1.165, 1.54) is 22.5 Å². The molecule has 3 aromatic rings. The number of hydrogen-bond donors (Lipinski definition) is 0. The summed E-state index contributed by atoms with van der Waals surface area (Å²) in [6, 6.07) is 13.3. The van der Waals surface area contributed by atoms with E-state index in [2.05, 4.69) is 31.0 Å². The molecule has 28 heavy (non-hydrogen) atoms. The number of aryl methyl sites for hydroxylation is 3. The Hall–Kier alpha value is -2.25. The lowest BCUT2D eigenvalue weighted by molar-refractivity contribution is -0.118. The van der Waals surface area contributed by atoms with Gasteiger partial charge < -0.3 is 4.57 Å². The standard InChI is InChI=1S/C21H24N2O3S2/c1-15-12-18-19(13-16(15)2)27-21(23(18)3)22-20(24)10-7-11-28(25,26)14-17-8-5-4-6-9-17/h4-6,8-9,12-13H,7,10-11,14H2,1-3H3. The third-order valence-corrected chi connectivity index (χ3v) is 7.50. The van der Waals surface area contributed by atoms with Crippen LogP contribution < -0.4 is 4.80 Å². The molecular formula is C21H24N2O3S2. The lowest BCUT2D eigenvalue weighted by Crippen LogP contribution is -2.14. The van der Waals surface area contributed by atoms with E-state index >= 15 is 0 Å². The molecule has 0 fully saturated rings. The second kappa shape index (κ2) is 8.41. The van der Waals surface area contributed by atoms with Crippen LogP contribution in [0.5, 0.6) is 0 Å². The first-order valence-corrected chi connectivity index (χ1v) is 11.8. The molecule has 0 bridgehead atoms. The molecule has 0 unspecified atom stereocenters. The van der Waals surface area contributed by atoms with E-state index in [9.17, 15) is 13.2 Å². The van der Waals surface area contributed by atoms with Crippen molar-refractivity contribution in [3.63, 3.8) is 0 Å². The number of carbonyl (C=O) groups excluding carboxylic acids is 1. The third kappa shape index (κ3) is 4.97. The Kier molecular flexibility index (Phi) is 6.15. The number of amides is 1. The molecule has 1 amide bonds. The van der Waals surface area contributed by atoms with Crippen LogP contribution in [0, 0.1) is 13.8 Å². The van der Waals surface area contributed by atoms with Crippen LogP contribution >= 0.6 is 11.3 Å². The first-order valence-electron chi connectivity index (χ1n) is 9.14. The zero-order valence-corrected chi connectivity index (χ0v) is 17.9. The molecule has 0 aliphatic carbocycles. The Balaban J connectivity index is 1.65. The highest BCUT2D eigenvalue weighted by atomic mass is 32.2. The van der Waals surface area contributed by atoms with Crippen LogP contribution in [0.2, 0.25) is 0 Å². The van der Waals surface area contributed by atoms with Gasteiger partial charge in [-0.3, -0.25) is 4.79 Å². The number of thiazole rings is 1. The molecular weight excluding hydrogens is 392 g/mol. The molecule has 5 nitrogen and oxygen atoms in total. The maximum absolute atomic E-state index is 12.3. The summed E-state index contributed by atoms with van der Waals surface area (Å²) in [5.74, 6) is -0.297. The summed E-state index contributed by atoms with van der Waals surface area (Å²) in [6.07, 6.45) is 0.407. The molecule has 0 saturated carbocycles. The molecule has 0 spiro atoms. The van der Waals surface area contributed by atoms with Crippen molar-refractivity contribution in [1.29, 1.82) is 0 Å². The number of sulfone groups is 1. The van der Waals surface area contributed by atoms with Gasteiger partial charge in [-0.15, -0.1) is 0 Å². The molecule has 0 aliphatic heterocycles. The predicted octanol–water partition coefficient (Wildman–Crippen LogP) is 3.68. The van der Waals surface area contributed by atoms with Gasteiger partial charge in [0.25, 0.3) is 0 Å². The van der Waals surface area contributed by atoms with Gasteiger partial charge in [0.1, 0.15) is 0 Å². The van der Waals surface area contributed by atoms with Crippen molar-refractivity contribution in [1.82, 2.24) is 4.57 Å². The van der Waals surface area contributed by atoms with E-state index < -0.39 is 9.84 Å². The molecule has 2 aromatic carbocycles. The van der Waals surface area contributed by atoms with Crippen molar-refractivity contribution in [3.05, 3.63) is 64.0 Å².